The predicted octanol–water partition coefficient (Wildman–Crippen LogP) is 2.37. The van der Waals surface area contributed by atoms with Gasteiger partial charge in [-0.2, -0.15) is 8.42 Å². The van der Waals surface area contributed by atoms with Crippen molar-refractivity contribution in [1.82, 2.24) is 0 Å². The highest BCUT2D eigenvalue weighted by molar-refractivity contribution is 7.90. The molecule has 1 aliphatic rings. The summed E-state index contributed by atoms with van der Waals surface area (Å²) in [6, 6.07) is 16.1. The van der Waals surface area contributed by atoms with Gasteiger partial charge in [-0.25, -0.2) is 0 Å². The Morgan fingerprint density at radius 1 is 1.00 bits per heavy atom. The topological polar surface area (TPSA) is 67.8 Å². The Morgan fingerprint density at radius 2 is 1.70 bits per heavy atom. The number of nitrogens with one attached hydrogen (secondary N) is 1. The fourth-order valence-electron chi connectivity index (χ4n) is 1.88. The second kappa shape index (κ2) is 4.97. The first kappa shape index (κ1) is 12.7. The number of anilines is 1. The Labute approximate surface area is 117 Å². The smallest absolute Gasteiger partial charge is 0.305 e. The van der Waals surface area contributed by atoms with Gasteiger partial charge in [-0.3, -0.25) is 0 Å². The van der Waals surface area contributed by atoms with Crippen molar-refractivity contribution in [3.63, 3.8) is 0 Å². The summed E-state index contributed by atoms with van der Waals surface area (Å²) in [6.07, 6.45) is 0. The summed E-state index contributed by atoms with van der Waals surface area (Å²) < 4.78 is 33.0. The highest BCUT2D eigenvalue weighted by atomic mass is 32.2. The zero-order chi connectivity index (χ0) is 14.0. The van der Waals surface area contributed by atoms with E-state index in [0.29, 0.717) is 5.69 Å². The van der Waals surface area contributed by atoms with E-state index < -0.39 is 10.0 Å². The predicted molar refractivity (Wildman–Crippen MR) is 75.9 cm³/mol. The molecule has 20 heavy (non-hydrogen) atoms. The van der Waals surface area contributed by atoms with Crippen LogP contribution in [0, 0.1) is 0 Å². The molecule has 0 atom stereocenters. The maximum Gasteiger partial charge on any atom is 0.305 e. The van der Waals surface area contributed by atoms with Crippen LogP contribution in [0.15, 0.2) is 63.9 Å². The van der Waals surface area contributed by atoms with Crippen LogP contribution in [0.2, 0.25) is 0 Å². The first-order valence-electron chi connectivity index (χ1n) is 6.03. The molecule has 0 spiro atoms. The Morgan fingerprint density at radius 3 is 2.50 bits per heavy atom. The van der Waals surface area contributed by atoms with Gasteiger partial charge in [0.2, 0.25) is 0 Å². The van der Waals surface area contributed by atoms with E-state index in [-0.39, 0.29) is 17.5 Å². The van der Waals surface area contributed by atoms with E-state index in [0.717, 1.165) is 5.56 Å². The van der Waals surface area contributed by atoms with Gasteiger partial charge in [0.1, 0.15) is 11.5 Å². The number of fused-ring (bicyclic) bond motifs is 1. The Bertz CT molecular complexity index is 755. The van der Waals surface area contributed by atoms with E-state index in [4.69, 9.17) is 4.74 Å². The van der Waals surface area contributed by atoms with Gasteiger partial charge in [-0.15, -0.1) is 4.40 Å². The monoisotopic (exact) mass is 288 g/mol. The van der Waals surface area contributed by atoms with E-state index in [1.54, 1.807) is 18.2 Å². The van der Waals surface area contributed by atoms with Crippen LogP contribution in [0.25, 0.3) is 0 Å². The lowest BCUT2D eigenvalue weighted by Crippen LogP contribution is -2.23. The fourth-order valence-corrected chi connectivity index (χ4v) is 2.94. The molecule has 102 valence electrons. The second-order valence-electron chi connectivity index (χ2n) is 4.27. The molecule has 0 saturated carbocycles. The third-order valence-corrected chi connectivity index (χ3v) is 4.15. The summed E-state index contributed by atoms with van der Waals surface area (Å²) in [5, 5.41) is 2.87. The molecule has 0 radical (unpaired) electrons. The van der Waals surface area contributed by atoms with Crippen molar-refractivity contribution in [2.24, 2.45) is 4.40 Å². The summed E-state index contributed by atoms with van der Waals surface area (Å²) >= 11 is 0. The van der Waals surface area contributed by atoms with Crippen molar-refractivity contribution in [1.29, 1.82) is 0 Å². The quantitative estimate of drug-likeness (QED) is 0.921. The van der Waals surface area contributed by atoms with Gasteiger partial charge >= 0.3 is 6.02 Å². The van der Waals surface area contributed by atoms with E-state index in [1.165, 1.54) is 6.07 Å². The summed E-state index contributed by atoms with van der Waals surface area (Å²) in [6.45, 7) is 0.254. The minimum Gasteiger partial charge on any atom is -0.459 e. The van der Waals surface area contributed by atoms with E-state index in [2.05, 4.69) is 9.71 Å². The fraction of sp³-hybridized carbons (Fsp3) is 0.0714. The highest BCUT2D eigenvalue weighted by Gasteiger charge is 2.25. The summed E-state index contributed by atoms with van der Waals surface area (Å²) in [7, 11) is -3.70. The van der Waals surface area contributed by atoms with Crippen molar-refractivity contribution >= 4 is 21.7 Å². The van der Waals surface area contributed by atoms with Crippen molar-refractivity contribution in [3.05, 3.63) is 60.2 Å². The molecule has 1 aliphatic heterocycles. The summed E-state index contributed by atoms with van der Waals surface area (Å²) in [5.41, 5.74) is 1.42. The molecule has 0 aliphatic carbocycles. The molecule has 5 nitrogen and oxygen atoms in total. The SMILES string of the molecule is O=S1(=O)N=C(OCc2ccccc2)Nc2ccccc21. The molecule has 0 unspecified atom stereocenters. The van der Waals surface area contributed by atoms with E-state index in [1.807, 2.05) is 30.3 Å². The first-order chi connectivity index (χ1) is 9.65. The van der Waals surface area contributed by atoms with Gasteiger partial charge in [-0.1, -0.05) is 42.5 Å². The zero-order valence-corrected chi connectivity index (χ0v) is 11.3. The van der Waals surface area contributed by atoms with Crippen LogP contribution in [-0.2, 0) is 21.4 Å². The number of rotatable bonds is 2. The minimum absolute atomic E-state index is 0.00690. The van der Waals surface area contributed by atoms with Crippen molar-refractivity contribution < 1.29 is 13.2 Å². The number of hydrogen-bond donors (Lipinski definition) is 1. The van der Waals surface area contributed by atoms with Crippen molar-refractivity contribution in [2.75, 3.05) is 5.32 Å². The molecule has 0 saturated heterocycles. The molecule has 0 amide bonds. The zero-order valence-electron chi connectivity index (χ0n) is 10.5. The van der Waals surface area contributed by atoms with Crippen LogP contribution in [0.4, 0.5) is 5.69 Å². The maximum absolute atomic E-state index is 12.0. The number of para-hydroxylation sites is 1. The van der Waals surface area contributed by atoms with Crippen LogP contribution in [0.1, 0.15) is 5.56 Å². The van der Waals surface area contributed by atoms with Gasteiger partial charge < -0.3 is 10.1 Å². The summed E-state index contributed by atoms with van der Waals surface area (Å²) in [5.74, 6) is 0. The normalized spacial score (nSPS) is 15.7. The largest absolute Gasteiger partial charge is 0.459 e. The number of nitrogens with zero attached hydrogens (tertiary/aromatic N) is 1. The molecule has 0 bridgehead atoms. The first-order valence-corrected chi connectivity index (χ1v) is 7.47. The van der Waals surface area contributed by atoms with Crippen molar-refractivity contribution in [3.8, 4) is 0 Å². The number of ether oxygens (including phenoxy) is 1. The van der Waals surface area contributed by atoms with Gasteiger partial charge in [0.05, 0.1) is 5.69 Å². The number of sulfonamides is 1. The molecule has 6 heteroatoms. The molecular weight excluding hydrogens is 276 g/mol. The molecule has 3 rings (SSSR count). The lowest BCUT2D eigenvalue weighted by molar-refractivity contribution is 0.292. The number of amidine groups is 1. The van der Waals surface area contributed by atoms with E-state index in [9.17, 15) is 8.42 Å². The average Bonchev–Trinajstić information content (AvgIpc) is 2.46. The molecule has 0 fully saturated rings. The molecule has 1 heterocycles. The van der Waals surface area contributed by atoms with Crippen molar-refractivity contribution in [2.45, 2.75) is 11.5 Å². The third-order valence-electron chi connectivity index (χ3n) is 2.83. The van der Waals surface area contributed by atoms with Crippen LogP contribution < -0.4 is 5.32 Å². The number of benzene rings is 2. The molecule has 1 N–H and O–H groups in total. The second-order valence-corrected chi connectivity index (χ2v) is 5.84. The Hall–Kier alpha value is -2.34. The van der Waals surface area contributed by atoms with Gasteiger partial charge in [0, 0.05) is 0 Å². The third kappa shape index (κ3) is 2.50. The Kier molecular flexibility index (Phi) is 3.15. The van der Waals surface area contributed by atoms with Gasteiger partial charge in [0.25, 0.3) is 10.0 Å². The van der Waals surface area contributed by atoms with Crippen LogP contribution in [0.3, 0.4) is 0 Å². The molecule has 2 aromatic rings. The summed E-state index contributed by atoms with van der Waals surface area (Å²) in [4.78, 5) is 0.159. The molecule has 2 aromatic carbocycles. The standard InChI is InChI=1S/C14H12N2O3S/c17-20(18)13-9-5-4-8-12(13)15-14(16-20)19-10-11-6-2-1-3-7-11/h1-9H,10H2,(H,15,16). The average molecular weight is 288 g/mol. The van der Waals surface area contributed by atoms with E-state index >= 15 is 0 Å². The Balaban J connectivity index is 1.82. The van der Waals surface area contributed by atoms with Crippen LogP contribution >= 0.6 is 0 Å². The van der Waals surface area contributed by atoms with Crippen LogP contribution in [-0.4, -0.2) is 14.4 Å². The van der Waals surface area contributed by atoms with Gasteiger partial charge in [0.15, 0.2) is 0 Å². The molecular formula is C14H12N2O3S. The lowest BCUT2D eigenvalue weighted by Gasteiger charge is -2.17. The lowest BCUT2D eigenvalue weighted by atomic mass is 10.2. The molecule has 0 aromatic heterocycles. The van der Waals surface area contributed by atoms with Gasteiger partial charge in [-0.05, 0) is 17.7 Å². The highest BCUT2D eigenvalue weighted by Crippen LogP contribution is 2.26. The maximum atomic E-state index is 12.0. The number of hydrogen-bond acceptors (Lipinski definition) is 4. The van der Waals surface area contributed by atoms with Crippen LogP contribution in [0.5, 0.6) is 0 Å². The minimum atomic E-state index is -3.70.